The third kappa shape index (κ3) is 3.97. The second kappa shape index (κ2) is 6.17. The molecule has 1 N–H and O–H groups in total. The van der Waals surface area contributed by atoms with E-state index in [0.29, 0.717) is 5.02 Å². The molecule has 0 bridgehead atoms. The van der Waals surface area contributed by atoms with Crippen molar-refractivity contribution < 1.29 is 17.9 Å². The van der Waals surface area contributed by atoms with Gasteiger partial charge in [-0.1, -0.05) is 11.6 Å². The zero-order chi connectivity index (χ0) is 13.8. The fraction of sp³-hybridized carbons (Fsp3) is 0.364. The Kier molecular flexibility index (Phi) is 5.13. The summed E-state index contributed by atoms with van der Waals surface area (Å²) in [6.07, 6.45) is 0.141. The minimum absolute atomic E-state index is 0.0407. The lowest BCUT2D eigenvalue weighted by atomic mass is 10.3. The molecule has 1 aromatic carbocycles. The van der Waals surface area contributed by atoms with Crippen LogP contribution in [0.5, 0.6) is 5.75 Å². The fourth-order valence-corrected chi connectivity index (χ4v) is 2.76. The third-order valence-electron chi connectivity index (χ3n) is 2.18. The van der Waals surface area contributed by atoms with Gasteiger partial charge in [0.05, 0.1) is 7.11 Å². The summed E-state index contributed by atoms with van der Waals surface area (Å²) in [4.78, 5) is 10.7. The zero-order valence-corrected chi connectivity index (χ0v) is 11.6. The number of carbonyl (C=O) groups is 1. The molecular weight excluding hydrogens is 278 g/mol. The van der Waals surface area contributed by atoms with Crippen LogP contribution < -0.4 is 9.46 Å². The highest BCUT2D eigenvalue weighted by atomic mass is 35.5. The fourth-order valence-electron chi connectivity index (χ4n) is 1.30. The van der Waals surface area contributed by atoms with Crippen LogP contribution in [0, 0.1) is 0 Å². The molecule has 0 saturated carbocycles. The lowest BCUT2D eigenvalue weighted by Gasteiger charge is -2.10. The molecule has 5 nitrogen and oxygen atoms in total. The predicted octanol–water partition coefficient (Wildman–Crippen LogP) is 1.61. The van der Waals surface area contributed by atoms with E-state index in [4.69, 9.17) is 16.3 Å². The van der Waals surface area contributed by atoms with Gasteiger partial charge in [-0.05, 0) is 25.1 Å². The second-order valence-corrected chi connectivity index (χ2v) is 5.82. The van der Waals surface area contributed by atoms with Crippen LogP contribution in [-0.2, 0) is 14.8 Å². The molecule has 7 heteroatoms. The number of halogens is 1. The number of methoxy groups -OCH3 is 1. The van der Waals surface area contributed by atoms with Crippen LogP contribution in [0.15, 0.2) is 23.1 Å². The van der Waals surface area contributed by atoms with Crippen molar-refractivity contribution in [2.24, 2.45) is 0 Å². The van der Waals surface area contributed by atoms with Crippen molar-refractivity contribution in [3.8, 4) is 5.75 Å². The molecule has 0 aliphatic heterocycles. The van der Waals surface area contributed by atoms with Crippen molar-refractivity contribution in [2.75, 3.05) is 13.7 Å². The molecule has 0 aliphatic carbocycles. The van der Waals surface area contributed by atoms with E-state index in [9.17, 15) is 13.2 Å². The van der Waals surface area contributed by atoms with Gasteiger partial charge in [-0.25, -0.2) is 13.1 Å². The van der Waals surface area contributed by atoms with Gasteiger partial charge in [0, 0.05) is 18.0 Å². The topological polar surface area (TPSA) is 72.5 Å². The van der Waals surface area contributed by atoms with Crippen LogP contribution >= 0.6 is 11.6 Å². The van der Waals surface area contributed by atoms with Gasteiger partial charge in [-0.2, -0.15) is 0 Å². The van der Waals surface area contributed by atoms with Crippen molar-refractivity contribution in [3.05, 3.63) is 23.2 Å². The molecule has 0 saturated heterocycles. The molecule has 100 valence electrons. The molecule has 18 heavy (non-hydrogen) atoms. The standard InChI is InChI=1S/C11H14ClNO4S/c1-8(14)5-6-13-18(15,16)11-7-9(12)3-4-10(11)17-2/h3-4,7,13H,5-6H2,1-2H3. The van der Waals surface area contributed by atoms with Gasteiger partial charge in [-0.15, -0.1) is 0 Å². The maximum Gasteiger partial charge on any atom is 0.244 e. The van der Waals surface area contributed by atoms with Crippen LogP contribution in [0.2, 0.25) is 5.02 Å². The van der Waals surface area contributed by atoms with E-state index in [2.05, 4.69) is 4.72 Å². The molecular formula is C11H14ClNO4S. The molecule has 0 atom stereocenters. The quantitative estimate of drug-likeness (QED) is 0.864. The van der Waals surface area contributed by atoms with Crippen LogP contribution in [0.25, 0.3) is 0 Å². The number of ketones is 1. The van der Waals surface area contributed by atoms with Crippen molar-refractivity contribution in [1.82, 2.24) is 4.72 Å². The predicted molar refractivity (Wildman–Crippen MR) is 68.5 cm³/mol. The van der Waals surface area contributed by atoms with Gasteiger partial charge in [0.1, 0.15) is 16.4 Å². The Balaban J connectivity index is 2.97. The molecule has 0 fully saturated rings. The number of hydrogen-bond acceptors (Lipinski definition) is 4. The van der Waals surface area contributed by atoms with Gasteiger partial charge in [-0.3, -0.25) is 4.79 Å². The first-order valence-corrected chi connectivity index (χ1v) is 7.05. The third-order valence-corrected chi connectivity index (χ3v) is 3.90. The summed E-state index contributed by atoms with van der Waals surface area (Å²) in [5, 5.41) is 0.294. The van der Waals surface area contributed by atoms with E-state index in [1.165, 1.54) is 32.2 Å². The molecule has 1 rings (SSSR count). The van der Waals surface area contributed by atoms with E-state index in [1.807, 2.05) is 0 Å². The monoisotopic (exact) mass is 291 g/mol. The van der Waals surface area contributed by atoms with E-state index >= 15 is 0 Å². The van der Waals surface area contributed by atoms with Crippen LogP contribution in [-0.4, -0.2) is 27.9 Å². The van der Waals surface area contributed by atoms with E-state index in [0.717, 1.165) is 0 Å². The lowest BCUT2D eigenvalue weighted by Crippen LogP contribution is -2.26. The number of benzene rings is 1. The highest BCUT2D eigenvalue weighted by molar-refractivity contribution is 7.89. The SMILES string of the molecule is COc1ccc(Cl)cc1S(=O)(=O)NCCC(C)=O. The Bertz CT molecular complexity index is 542. The van der Waals surface area contributed by atoms with Crippen molar-refractivity contribution in [3.63, 3.8) is 0 Å². The second-order valence-electron chi connectivity index (χ2n) is 3.64. The highest BCUT2D eigenvalue weighted by Gasteiger charge is 2.19. The van der Waals surface area contributed by atoms with Gasteiger partial charge in [0.25, 0.3) is 0 Å². The van der Waals surface area contributed by atoms with Gasteiger partial charge < -0.3 is 4.74 Å². The van der Waals surface area contributed by atoms with Crippen molar-refractivity contribution >= 4 is 27.4 Å². The summed E-state index contributed by atoms with van der Waals surface area (Å²) in [7, 11) is -2.36. The Labute approximate surface area is 111 Å². The van der Waals surface area contributed by atoms with Crippen LogP contribution in [0.1, 0.15) is 13.3 Å². The number of nitrogens with one attached hydrogen (secondary N) is 1. The average molecular weight is 292 g/mol. The minimum atomic E-state index is -3.73. The lowest BCUT2D eigenvalue weighted by molar-refractivity contribution is -0.116. The van der Waals surface area contributed by atoms with Crippen LogP contribution in [0.4, 0.5) is 0 Å². The number of ether oxygens (including phenoxy) is 1. The normalized spacial score (nSPS) is 11.3. The van der Waals surface area contributed by atoms with Crippen molar-refractivity contribution in [1.29, 1.82) is 0 Å². The molecule has 0 aliphatic rings. The van der Waals surface area contributed by atoms with E-state index in [1.54, 1.807) is 0 Å². The highest BCUT2D eigenvalue weighted by Crippen LogP contribution is 2.26. The first-order valence-electron chi connectivity index (χ1n) is 5.19. The first kappa shape index (κ1) is 14.9. The van der Waals surface area contributed by atoms with E-state index < -0.39 is 10.0 Å². The number of Topliss-reactive ketones (excluding diaryl/α,β-unsaturated/α-hetero) is 1. The Morgan fingerprint density at radius 3 is 2.67 bits per heavy atom. The number of hydrogen-bond donors (Lipinski definition) is 1. The summed E-state index contributed by atoms with van der Waals surface area (Å²) in [6.45, 7) is 1.45. The number of carbonyl (C=O) groups excluding carboxylic acids is 1. The van der Waals surface area contributed by atoms with Gasteiger partial charge in [0.2, 0.25) is 10.0 Å². The Morgan fingerprint density at radius 1 is 1.44 bits per heavy atom. The molecule has 1 aromatic rings. The Hall–Kier alpha value is -1.11. The largest absolute Gasteiger partial charge is 0.495 e. The van der Waals surface area contributed by atoms with E-state index in [-0.39, 0.29) is 29.4 Å². The Morgan fingerprint density at radius 2 is 2.11 bits per heavy atom. The number of sulfonamides is 1. The summed E-state index contributed by atoms with van der Waals surface area (Å²) in [5.41, 5.74) is 0. The summed E-state index contributed by atoms with van der Waals surface area (Å²) in [5.74, 6) is 0.116. The minimum Gasteiger partial charge on any atom is -0.495 e. The van der Waals surface area contributed by atoms with Gasteiger partial charge >= 0.3 is 0 Å². The summed E-state index contributed by atoms with van der Waals surface area (Å²) >= 11 is 5.76. The summed E-state index contributed by atoms with van der Waals surface area (Å²) < 4.78 is 31.3. The molecule has 0 heterocycles. The molecule has 0 unspecified atom stereocenters. The summed E-state index contributed by atoms with van der Waals surface area (Å²) in [6, 6.07) is 4.31. The first-order chi connectivity index (χ1) is 8.36. The molecule has 0 spiro atoms. The smallest absolute Gasteiger partial charge is 0.244 e. The van der Waals surface area contributed by atoms with Crippen LogP contribution in [0.3, 0.4) is 0 Å². The maximum atomic E-state index is 12.0. The number of rotatable bonds is 6. The molecule has 0 amide bonds. The van der Waals surface area contributed by atoms with Crippen molar-refractivity contribution in [2.45, 2.75) is 18.2 Å². The molecule has 0 radical (unpaired) electrons. The maximum absolute atomic E-state index is 12.0. The molecule has 0 aromatic heterocycles. The van der Waals surface area contributed by atoms with Gasteiger partial charge in [0.15, 0.2) is 0 Å². The zero-order valence-electron chi connectivity index (χ0n) is 10.1. The average Bonchev–Trinajstić information content (AvgIpc) is 2.28.